The van der Waals surface area contributed by atoms with Crippen molar-refractivity contribution >= 4 is 17.9 Å². The van der Waals surface area contributed by atoms with E-state index in [2.05, 4.69) is 4.90 Å². The predicted molar refractivity (Wildman–Crippen MR) is 96.0 cm³/mol. The SMILES string of the molecule is O=C(/C=C/c1ccc(O)cc1)N1CCN(CC(=O)N2CCCC2)CC1. The Bertz CT molecular complexity index is 628. The fourth-order valence-electron chi connectivity index (χ4n) is 3.24. The predicted octanol–water partition coefficient (Wildman–Crippen LogP) is 1.17. The highest BCUT2D eigenvalue weighted by Gasteiger charge is 2.24. The van der Waals surface area contributed by atoms with Crippen LogP contribution in [0.5, 0.6) is 5.75 Å². The van der Waals surface area contributed by atoms with Gasteiger partial charge in [-0.2, -0.15) is 0 Å². The summed E-state index contributed by atoms with van der Waals surface area (Å²) in [4.78, 5) is 30.3. The van der Waals surface area contributed by atoms with Gasteiger partial charge in [-0.15, -0.1) is 0 Å². The first-order valence-corrected chi connectivity index (χ1v) is 8.88. The van der Waals surface area contributed by atoms with E-state index < -0.39 is 0 Å². The van der Waals surface area contributed by atoms with Crippen molar-refractivity contribution in [2.24, 2.45) is 0 Å². The van der Waals surface area contributed by atoms with Gasteiger partial charge in [-0.1, -0.05) is 12.1 Å². The third-order valence-electron chi connectivity index (χ3n) is 4.81. The first kappa shape index (κ1) is 17.5. The second kappa shape index (κ2) is 8.16. The minimum absolute atomic E-state index is 0.0152. The zero-order valence-electron chi connectivity index (χ0n) is 14.4. The van der Waals surface area contributed by atoms with Gasteiger partial charge in [-0.3, -0.25) is 14.5 Å². The minimum Gasteiger partial charge on any atom is -0.508 e. The van der Waals surface area contributed by atoms with Gasteiger partial charge >= 0.3 is 0 Å². The number of benzene rings is 1. The molecule has 1 N–H and O–H groups in total. The molecule has 134 valence electrons. The lowest BCUT2D eigenvalue weighted by molar-refractivity contribution is -0.132. The van der Waals surface area contributed by atoms with E-state index in [1.807, 2.05) is 9.80 Å². The number of phenols is 1. The molecule has 2 amide bonds. The lowest BCUT2D eigenvalue weighted by Gasteiger charge is -2.34. The largest absolute Gasteiger partial charge is 0.508 e. The molecule has 2 heterocycles. The molecule has 0 aromatic heterocycles. The van der Waals surface area contributed by atoms with Gasteiger partial charge in [0.1, 0.15) is 5.75 Å². The molecule has 6 heteroatoms. The zero-order valence-corrected chi connectivity index (χ0v) is 14.4. The van der Waals surface area contributed by atoms with Crippen molar-refractivity contribution in [1.82, 2.24) is 14.7 Å². The number of nitrogens with zero attached hydrogens (tertiary/aromatic N) is 3. The van der Waals surface area contributed by atoms with Gasteiger partial charge < -0.3 is 14.9 Å². The van der Waals surface area contributed by atoms with Gasteiger partial charge in [0.25, 0.3) is 0 Å². The summed E-state index contributed by atoms with van der Waals surface area (Å²) >= 11 is 0. The van der Waals surface area contributed by atoms with Crippen LogP contribution in [0.3, 0.4) is 0 Å². The molecular formula is C19H25N3O3. The summed E-state index contributed by atoms with van der Waals surface area (Å²) in [6, 6.07) is 6.72. The zero-order chi connectivity index (χ0) is 17.6. The van der Waals surface area contributed by atoms with Crippen LogP contribution in [-0.2, 0) is 9.59 Å². The third kappa shape index (κ3) is 4.82. The highest BCUT2D eigenvalue weighted by molar-refractivity contribution is 5.91. The lowest BCUT2D eigenvalue weighted by Crippen LogP contribution is -2.51. The summed E-state index contributed by atoms with van der Waals surface area (Å²) in [5.41, 5.74) is 0.876. The first-order valence-electron chi connectivity index (χ1n) is 8.88. The monoisotopic (exact) mass is 343 g/mol. The number of carbonyl (C=O) groups is 2. The van der Waals surface area contributed by atoms with Crippen LogP contribution in [0.2, 0.25) is 0 Å². The lowest BCUT2D eigenvalue weighted by atomic mass is 10.2. The quantitative estimate of drug-likeness (QED) is 0.834. The number of phenolic OH excluding ortho intramolecular Hbond substituents is 1. The van der Waals surface area contributed by atoms with Crippen molar-refractivity contribution in [1.29, 1.82) is 0 Å². The molecule has 0 aliphatic carbocycles. The fraction of sp³-hybridized carbons (Fsp3) is 0.474. The smallest absolute Gasteiger partial charge is 0.246 e. The molecular weight excluding hydrogens is 318 g/mol. The van der Waals surface area contributed by atoms with Crippen LogP contribution in [0.1, 0.15) is 18.4 Å². The van der Waals surface area contributed by atoms with Crippen molar-refractivity contribution in [3.63, 3.8) is 0 Å². The van der Waals surface area contributed by atoms with Crippen molar-refractivity contribution in [2.45, 2.75) is 12.8 Å². The number of rotatable bonds is 4. The fourth-order valence-corrected chi connectivity index (χ4v) is 3.24. The molecule has 1 aromatic rings. The van der Waals surface area contributed by atoms with Crippen LogP contribution in [0.15, 0.2) is 30.3 Å². The average molecular weight is 343 g/mol. The van der Waals surface area contributed by atoms with Crippen molar-refractivity contribution < 1.29 is 14.7 Å². The Morgan fingerprint density at radius 2 is 1.56 bits per heavy atom. The number of piperazine rings is 1. The maximum absolute atomic E-state index is 12.3. The van der Waals surface area contributed by atoms with E-state index in [-0.39, 0.29) is 17.6 Å². The molecule has 2 fully saturated rings. The van der Waals surface area contributed by atoms with Gasteiger partial charge in [0.2, 0.25) is 11.8 Å². The highest BCUT2D eigenvalue weighted by atomic mass is 16.3. The standard InChI is InChI=1S/C19H25N3O3/c23-17-6-3-16(4-7-17)5-8-18(24)22-13-11-20(12-14-22)15-19(25)21-9-1-2-10-21/h3-8,23H,1-2,9-15H2/b8-5+. The maximum atomic E-state index is 12.3. The Morgan fingerprint density at radius 3 is 2.20 bits per heavy atom. The molecule has 0 atom stereocenters. The molecule has 6 nitrogen and oxygen atoms in total. The second-order valence-corrected chi connectivity index (χ2v) is 6.61. The van der Waals surface area contributed by atoms with Crippen LogP contribution in [0.25, 0.3) is 6.08 Å². The van der Waals surface area contributed by atoms with E-state index in [1.54, 1.807) is 36.4 Å². The van der Waals surface area contributed by atoms with E-state index in [1.165, 1.54) is 0 Å². The molecule has 0 unspecified atom stereocenters. The van der Waals surface area contributed by atoms with Gasteiger partial charge in [0, 0.05) is 45.3 Å². The van der Waals surface area contributed by atoms with E-state index in [0.29, 0.717) is 19.6 Å². The molecule has 2 saturated heterocycles. The van der Waals surface area contributed by atoms with E-state index in [4.69, 9.17) is 0 Å². The summed E-state index contributed by atoms with van der Waals surface area (Å²) in [7, 11) is 0. The molecule has 2 aliphatic heterocycles. The number of amides is 2. The number of hydrogen-bond donors (Lipinski definition) is 1. The minimum atomic E-state index is -0.0152. The van der Waals surface area contributed by atoms with Crippen LogP contribution in [0, 0.1) is 0 Å². The van der Waals surface area contributed by atoms with Gasteiger partial charge in [-0.05, 0) is 36.6 Å². The molecule has 0 saturated carbocycles. The number of carbonyl (C=O) groups excluding carboxylic acids is 2. The second-order valence-electron chi connectivity index (χ2n) is 6.61. The van der Waals surface area contributed by atoms with Crippen LogP contribution < -0.4 is 0 Å². The molecule has 0 radical (unpaired) electrons. The number of aromatic hydroxyl groups is 1. The molecule has 0 bridgehead atoms. The van der Waals surface area contributed by atoms with Crippen LogP contribution in [0.4, 0.5) is 0 Å². The molecule has 25 heavy (non-hydrogen) atoms. The normalized spacial score (nSPS) is 18.9. The van der Waals surface area contributed by atoms with Gasteiger partial charge in [0.05, 0.1) is 6.54 Å². The van der Waals surface area contributed by atoms with Crippen molar-refractivity contribution in [3.05, 3.63) is 35.9 Å². The average Bonchev–Trinajstić information content (AvgIpc) is 3.16. The Morgan fingerprint density at radius 1 is 0.920 bits per heavy atom. The molecule has 0 spiro atoms. The van der Waals surface area contributed by atoms with Crippen molar-refractivity contribution in [3.8, 4) is 5.75 Å². The van der Waals surface area contributed by atoms with Gasteiger partial charge in [-0.25, -0.2) is 0 Å². The Balaban J connectivity index is 1.44. The number of hydrogen-bond acceptors (Lipinski definition) is 4. The summed E-state index contributed by atoms with van der Waals surface area (Å²) in [5.74, 6) is 0.408. The summed E-state index contributed by atoms with van der Waals surface area (Å²) in [6.07, 6.45) is 5.55. The van der Waals surface area contributed by atoms with Crippen LogP contribution in [-0.4, -0.2) is 77.4 Å². The summed E-state index contributed by atoms with van der Waals surface area (Å²) in [6.45, 7) is 5.00. The first-order chi connectivity index (χ1) is 12.1. The highest BCUT2D eigenvalue weighted by Crippen LogP contribution is 2.12. The summed E-state index contributed by atoms with van der Waals surface area (Å²) in [5, 5.41) is 9.26. The van der Waals surface area contributed by atoms with Crippen LogP contribution >= 0.6 is 0 Å². The Labute approximate surface area is 148 Å². The van der Waals surface area contributed by atoms with E-state index in [0.717, 1.165) is 44.6 Å². The topological polar surface area (TPSA) is 64.1 Å². The molecule has 1 aromatic carbocycles. The Kier molecular flexibility index (Phi) is 5.71. The maximum Gasteiger partial charge on any atom is 0.246 e. The van der Waals surface area contributed by atoms with E-state index in [9.17, 15) is 14.7 Å². The summed E-state index contributed by atoms with van der Waals surface area (Å²) < 4.78 is 0. The number of likely N-dealkylation sites (tertiary alicyclic amines) is 1. The Hall–Kier alpha value is -2.34. The molecule has 2 aliphatic rings. The third-order valence-corrected chi connectivity index (χ3v) is 4.81. The van der Waals surface area contributed by atoms with E-state index >= 15 is 0 Å². The molecule has 3 rings (SSSR count). The van der Waals surface area contributed by atoms with Gasteiger partial charge in [0.15, 0.2) is 0 Å². The van der Waals surface area contributed by atoms with Crippen molar-refractivity contribution in [2.75, 3.05) is 45.8 Å².